The van der Waals surface area contributed by atoms with Gasteiger partial charge in [-0.05, 0) is 24.6 Å². The maximum atomic E-state index is 11.3. The molecular weight excluding hydrogens is 313 g/mol. The van der Waals surface area contributed by atoms with Gasteiger partial charge in [0.25, 0.3) is 15.0 Å². The zero-order chi connectivity index (χ0) is 14.5. The van der Waals surface area contributed by atoms with Crippen LogP contribution in [0, 0.1) is 0 Å². The second-order valence-electron chi connectivity index (χ2n) is 3.67. The Morgan fingerprint density at radius 1 is 1.42 bits per heavy atom. The average molecular weight is 326 g/mol. The quantitative estimate of drug-likeness (QED) is 0.813. The molecule has 0 bridgehead atoms. The summed E-state index contributed by atoms with van der Waals surface area (Å²) in [7, 11) is 1.34. The minimum Gasteiger partial charge on any atom is -0.482 e. The second kappa shape index (κ2) is 6.98. The lowest BCUT2D eigenvalue weighted by molar-refractivity contribution is -0.123. The van der Waals surface area contributed by atoms with E-state index in [-0.39, 0.29) is 28.2 Å². The Morgan fingerprint density at radius 2 is 2.11 bits per heavy atom. The number of carbonyl (C=O) groups excluding carboxylic acids is 1. The van der Waals surface area contributed by atoms with Gasteiger partial charge in [-0.2, -0.15) is 0 Å². The molecule has 106 valence electrons. The summed E-state index contributed by atoms with van der Waals surface area (Å²) in [6.45, 7) is 2.31. The summed E-state index contributed by atoms with van der Waals surface area (Å²) in [5, 5.41) is 2.71. The summed E-state index contributed by atoms with van der Waals surface area (Å²) >= 11 is 5.84. The Kier molecular flexibility index (Phi) is 5.90. The minimum absolute atomic E-state index is 0.0741. The predicted octanol–water partition coefficient (Wildman–Crippen LogP) is 2.17. The van der Waals surface area contributed by atoms with Crippen LogP contribution < -0.4 is 10.1 Å². The van der Waals surface area contributed by atoms with Crippen molar-refractivity contribution in [3.63, 3.8) is 0 Å². The van der Waals surface area contributed by atoms with Crippen molar-refractivity contribution in [2.45, 2.75) is 18.2 Å². The van der Waals surface area contributed by atoms with Crippen molar-refractivity contribution in [3.05, 3.63) is 23.2 Å². The molecular formula is C11H13Cl2NO4S. The summed E-state index contributed by atoms with van der Waals surface area (Å²) in [5.74, 6) is -0.0515. The number of carbonyl (C=O) groups is 1. The largest absolute Gasteiger partial charge is 0.482 e. The first-order valence-electron chi connectivity index (χ1n) is 5.48. The van der Waals surface area contributed by atoms with Crippen molar-refractivity contribution in [2.75, 3.05) is 13.2 Å². The molecule has 0 aliphatic carbocycles. The van der Waals surface area contributed by atoms with Crippen LogP contribution in [-0.2, 0) is 13.8 Å². The Labute approximate surface area is 121 Å². The van der Waals surface area contributed by atoms with Gasteiger partial charge in [0.15, 0.2) is 6.61 Å². The van der Waals surface area contributed by atoms with E-state index in [0.29, 0.717) is 6.54 Å². The third-order valence-corrected chi connectivity index (χ3v) is 3.76. The van der Waals surface area contributed by atoms with Crippen LogP contribution in [0.4, 0.5) is 0 Å². The molecule has 0 saturated heterocycles. The van der Waals surface area contributed by atoms with Gasteiger partial charge in [-0.15, -0.1) is 0 Å². The van der Waals surface area contributed by atoms with Gasteiger partial charge in [-0.1, -0.05) is 18.5 Å². The molecule has 0 atom stereocenters. The van der Waals surface area contributed by atoms with Crippen LogP contribution in [0.3, 0.4) is 0 Å². The topological polar surface area (TPSA) is 72.5 Å². The fourth-order valence-electron chi connectivity index (χ4n) is 1.21. The molecule has 19 heavy (non-hydrogen) atoms. The average Bonchev–Trinajstić information content (AvgIpc) is 2.33. The van der Waals surface area contributed by atoms with E-state index < -0.39 is 9.05 Å². The first kappa shape index (κ1) is 16.1. The van der Waals surface area contributed by atoms with Gasteiger partial charge in [0.1, 0.15) is 5.75 Å². The number of nitrogens with one attached hydrogen (secondary N) is 1. The Bertz CT molecular complexity index is 560. The monoisotopic (exact) mass is 325 g/mol. The molecule has 0 unspecified atom stereocenters. The van der Waals surface area contributed by atoms with Crippen LogP contribution in [0.2, 0.25) is 5.02 Å². The molecule has 1 aromatic rings. The smallest absolute Gasteiger partial charge is 0.261 e. The molecule has 0 spiro atoms. The van der Waals surface area contributed by atoms with E-state index in [4.69, 9.17) is 27.0 Å². The van der Waals surface area contributed by atoms with E-state index in [2.05, 4.69) is 5.32 Å². The van der Waals surface area contributed by atoms with Crippen LogP contribution in [0.25, 0.3) is 0 Å². The van der Waals surface area contributed by atoms with Crippen LogP contribution in [0.1, 0.15) is 13.3 Å². The molecule has 8 heteroatoms. The lowest BCUT2D eigenvalue weighted by Gasteiger charge is -2.08. The molecule has 0 aromatic heterocycles. The normalized spacial score (nSPS) is 11.1. The highest BCUT2D eigenvalue weighted by atomic mass is 35.7. The standard InChI is InChI=1S/C11H13Cl2NO4S/c1-2-5-14-11(15)7-18-10-4-3-8(6-9(10)12)19(13,16)17/h3-4,6H,2,5,7H2,1H3,(H,14,15). The summed E-state index contributed by atoms with van der Waals surface area (Å²) in [4.78, 5) is 11.2. The number of hydrogen-bond donors (Lipinski definition) is 1. The molecule has 0 aliphatic rings. The zero-order valence-electron chi connectivity index (χ0n) is 10.2. The maximum Gasteiger partial charge on any atom is 0.261 e. The van der Waals surface area contributed by atoms with Gasteiger partial charge in [0.2, 0.25) is 0 Å². The van der Waals surface area contributed by atoms with Crippen molar-refractivity contribution in [1.29, 1.82) is 0 Å². The van der Waals surface area contributed by atoms with E-state index in [1.165, 1.54) is 18.2 Å². The van der Waals surface area contributed by atoms with E-state index in [1.807, 2.05) is 6.92 Å². The maximum absolute atomic E-state index is 11.3. The summed E-state index contributed by atoms with van der Waals surface area (Å²) in [5.41, 5.74) is 0. The van der Waals surface area contributed by atoms with Crippen LogP contribution in [0.5, 0.6) is 5.75 Å². The van der Waals surface area contributed by atoms with Crippen LogP contribution in [-0.4, -0.2) is 27.5 Å². The first-order chi connectivity index (χ1) is 8.84. The van der Waals surface area contributed by atoms with Crippen LogP contribution >= 0.6 is 22.3 Å². The van der Waals surface area contributed by atoms with Gasteiger partial charge in [0, 0.05) is 17.2 Å². The molecule has 1 amide bonds. The van der Waals surface area contributed by atoms with Gasteiger partial charge < -0.3 is 10.1 Å². The lowest BCUT2D eigenvalue weighted by Crippen LogP contribution is -2.29. The van der Waals surface area contributed by atoms with Crippen molar-refractivity contribution in [2.24, 2.45) is 0 Å². The Morgan fingerprint density at radius 3 is 2.63 bits per heavy atom. The molecule has 0 aliphatic heterocycles. The van der Waals surface area contributed by atoms with Crippen molar-refractivity contribution in [1.82, 2.24) is 5.32 Å². The van der Waals surface area contributed by atoms with Crippen molar-refractivity contribution in [3.8, 4) is 5.75 Å². The molecule has 1 N–H and O–H groups in total. The number of rotatable bonds is 6. The van der Waals surface area contributed by atoms with Gasteiger partial charge in [-0.3, -0.25) is 4.79 Å². The first-order valence-corrected chi connectivity index (χ1v) is 8.17. The third kappa shape index (κ3) is 5.26. The third-order valence-electron chi connectivity index (χ3n) is 2.12. The fraction of sp³-hybridized carbons (Fsp3) is 0.364. The number of amides is 1. The summed E-state index contributed by atoms with van der Waals surface area (Å²) in [6.07, 6.45) is 0.828. The zero-order valence-corrected chi connectivity index (χ0v) is 12.5. The van der Waals surface area contributed by atoms with Crippen molar-refractivity contribution < 1.29 is 17.9 Å². The van der Waals surface area contributed by atoms with E-state index in [0.717, 1.165) is 6.42 Å². The number of ether oxygens (including phenoxy) is 1. The van der Waals surface area contributed by atoms with E-state index in [1.54, 1.807) is 0 Å². The number of benzene rings is 1. The molecule has 0 radical (unpaired) electrons. The van der Waals surface area contributed by atoms with Crippen LogP contribution in [0.15, 0.2) is 23.1 Å². The summed E-state index contributed by atoms with van der Waals surface area (Å²) < 4.78 is 27.3. The second-order valence-corrected chi connectivity index (χ2v) is 6.64. The highest BCUT2D eigenvalue weighted by Gasteiger charge is 2.13. The lowest BCUT2D eigenvalue weighted by atomic mass is 10.3. The molecule has 0 fully saturated rings. The van der Waals surface area contributed by atoms with Gasteiger partial charge in [0.05, 0.1) is 9.92 Å². The summed E-state index contributed by atoms with van der Waals surface area (Å²) in [6, 6.07) is 3.78. The molecule has 1 aromatic carbocycles. The Balaban J connectivity index is 2.68. The molecule has 1 rings (SSSR count). The number of halogens is 2. The van der Waals surface area contributed by atoms with Gasteiger partial charge >= 0.3 is 0 Å². The van der Waals surface area contributed by atoms with E-state index >= 15 is 0 Å². The molecule has 0 heterocycles. The van der Waals surface area contributed by atoms with E-state index in [9.17, 15) is 13.2 Å². The highest BCUT2D eigenvalue weighted by molar-refractivity contribution is 8.13. The molecule has 0 saturated carbocycles. The molecule has 5 nitrogen and oxygen atoms in total. The highest BCUT2D eigenvalue weighted by Crippen LogP contribution is 2.28. The Hall–Kier alpha value is -0.980. The predicted molar refractivity (Wildman–Crippen MR) is 73.3 cm³/mol. The van der Waals surface area contributed by atoms with Crippen molar-refractivity contribution >= 4 is 37.2 Å². The fourth-order valence-corrected chi connectivity index (χ4v) is 2.29. The number of hydrogen-bond acceptors (Lipinski definition) is 4. The minimum atomic E-state index is -3.83. The SMILES string of the molecule is CCCNC(=O)COc1ccc(S(=O)(=O)Cl)cc1Cl. The van der Waals surface area contributed by atoms with Gasteiger partial charge in [-0.25, -0.2) is 8.42 Å².